The summed E-state index contributed by atoms with van der Waals surface area (Å²) >= 11 is 0. The second-order valence-electron chi connectivity index (χ2n) is 4.72. The SMILES string of the molecule is CCC(C)C(C)C1(C#N)CCCNC1. The fraction of sp³-hybridized carbons (Fsp3) is 0.917. The number of nitrogens with one attached hydrogen (secondary N) is 1. The molecule has 1 aliphatic rings. The van der Waals surface area contributed by atoms with Crippen LogP contribution in [-0.4, -0.2) is 13.1 Å². The Kier molecular flexibility index (Phi) is 3.95. The van der Waals surface area contributed by atoms with E-state index in [0.29, 0.717) is 11.8 Å². The number of piperidine rings is 1. The molecule has 0 aromatic carbocycles. The molecule has 0 aromatic heterocycles. The van der Waals surface area contributed by atoms with Gasteiger partial charge in [-0.3, -0.25) is 0 Å². The van der Waals surface area contributed by atoms with Crippen molar-refractivity contribution in [3.05, 3.63) is 0 Å². The minimum atomic E-state index is -0.103. The van der Waals surface area contributed by atoms with E-state index in [0.717, 1.165) is 25.9 Å². The molecular formula is C12H22N2. The van der Waals surface area contributed by atoms with E-state index in [1.54, 1.807) is 0 Å². The van der Waals surface area contributed by atoms with Crippen LogP contribution in [0.4, 0.5) is 0 Å². The summed E-state index contributed by atoms with van der Waals surface area (Å²) in [6.45, 7) is 8.68. The molecule has 2 nitrogen and oxygen atoms in total. The van der Waals surface area contributed by atoms with Gasteiger partial charge in [0.2, 0.25) is 0 Å². The zero-order chi connectivity index (χ0) is 10.6. The molecular weight excluding hydrogens is 172 g/mol. The third-order valence-electron chi connectivity index (χ3n) is 4.01. The molecule has 14 heavy (non-hydrogen) atoms. The normalized spacial score (nSPS) is 31.9. The number of hydrogen-bond acceptors (Lipinski definition) is 2. The molecule has 2 heteroatoms. The Labute approximate surface area is 87.7 Å². The van der Waals surface area contributed by atoms with Gasteiger partial charge in [-0.1, -0.05) is 27.2 Å². The van der Waals surface area contributed by atoms with E-state index in [1.807, 2.05) is 0 Å². The summed E-state index contributed by atoms with van der Waals surface area (Å²) in [6.07, 6.45) is 3.39. The Bertz CT molecular complexity index is 211. The highest BCUT2D eigenvalue weighted by atomic mass is 14.9. The molecule has 1 fully saturated rings. The summed E-state index contributed by atoms with van der Waals surface area (Å²) in [7, 11) is 0. The second-order valence-corrected chi connectivity index (χ2v) is 4.72. The van der Waals surface area contributed by atoms with Crippen LogP contribution in [0.15, 0.2) is 0 Å². The van der Waals surface area contributed by atoms with Crippen LogP contribution < -0.4 is 5.32 Å². The first-order valence-electron chi connectivity index (χ1n) is 5.78. The lowest BCUT2D eigenvalue weighted by atomic mass is 9.67. The van der Waals surface area contributed by atoms with Crippen molar-refractivity contribution in [3.8, 4) is 6.07 Å². The van der Waals surface area contributed by atoms with E-state index in [2.05, 4.69) is 32.2 Å². The summed E-state index contributed by atoms with van der Waals surface area (Å²) in [6, 6.07) is 2.57. The van der Waals surface area contributed by atoms with Crippen LogP contribution in [0.3, 0.4) is 0 Å². The molecule has 80 valence electrons. The molecule has 1 rings (SSSR count). The van der Waals surface area contributed by atoms with Gasteiger partial charge in [0.15, 0.2) is 0 Å². The molecule has 3 atom stereocenters. The summed E-state index contributed by atoms with van der Waals surface area (Å²) in [5, 5.41) is 12.7. The zero-order valence-corrected chi connectivity index (χ0v) is 9.64. The molecule has 0 aromatic rings. The Morgan fingerprint density at radius 3 is 2.64 bits per heavy atom. The molecule has 0 aliphatic carbocycles. The van der Waals surface area contributed by atoms with Gasteiger partial charge in [-0.25, -0.2) is 0 Å². The van der Waals surface area contributed by atoms with Crippen molar-refractivity contribution in [1.29, 1.82) is 5.26 Å². The maximum absolute atomic E-state index is 9.37. The van der Waals surface area contributed by atoms with Crippen LogP contribution >= 0.6 is 0 Å². The smallest absolute Gasteiger partial charge is 0.0726 e. The predicted molar refractivity (Wildman–Crippen MR) is 58.8 cm³/mol. The van der Waals surface area contributed by atoms with Crippen LogP contribution in [0.25, 0.3) is 0 Å². The van der Waals surface area contributed by atoms with Gasteiger partial charge in [0.1, 0.15) is 0 Å². The fourth-order valence-corrected chi connectivity index (χ4v) is 2.41. The van der Waals surface area contributed by atoms with Crippen molar-refractivity contribution in [2.45, 2.75) is 40.0 Å². The maximum atomic E-state index is 9.37. The molecule has 0 radical (unpaired) electrons. The first kappa shape index (κ1) is 11.5. The Hall–Kier alpha value is -0.550. The largest absolute Gasteiger partial charge is 0.315 e. The van der Waals surface area contributed by atoms with Gasteiger partial charge in [-0.05, 0) is 31.2 Å². The van der Waals surface area contributed by atoms with Crippen LogP contribution in [0.5, 0.6) is 0 Å². The highest BCUT2D eigenvalue weighted by molar-refractivity contribution is 5.06. The van der Waals surface area contributed by atoms with E-state index in [9.17, 15) is 5.26 Å². The lowest BCUT2D eigenvalue weighted by Gasteiger charge is -2.39. The van der Waals surface area contributed by atoms with Crippen molar-refractivity contribution in [2.75, 3.05) is 13.1 Å². The molecule has 1 saturated heterocycles. The molecule has 0 spiro atoms. The molecule has 1 aliphatic heterocycles. The van der Waals surface area contributed by atoms with E-state index in [-0.39, 0.29) is 5.41 Å². The summed E-state index contributed by atoms with van der Waals surface area (Å²) in [5.74, 6) is 1.15. The summed E-state index contributed by atoms with van der Waals surface area (Å²) < 4.78 is 0. The molecule has 1 N–H and O–H groups in total. The molecule has 0 amide bonds. The standard InChI is InChI=1S/C12H22N2/c1-4-10(2)11(3)12(8-13)6-5-7-14-9-12/h10-11,14H,4-7,9H2,1-3H3. The molecule has 1 heterocycles. The third-order valence-corrected chi connectivity index (χ3v) is 4.01. The van der Waals surface area contributed by atoms with Crippen molar-refractivity contribution in [1.82, 2.24) is 5.32 Å². The highest BCUT2D eigenvalue weighted by Crippen LogP contribution is 2.38. The van der Waals surface area contributed by atoms with E-state index in [4.69, 9.17) is 0 Å². The third kappa shape index (κ3) is 2.09. The van der Waals surface area contributed by atoms with Gasteiger partial charge < -0.3 is 5.32 Å². The minimum absolute atomic E-state index is 0.103. The van der Waals surface area contributed by atoms with Crippen molar-refractivity contribution in [3.63, 3.8) is 0 Å². The van der Waals surface area contributed by atoms with E-state index >= 15 is 0 Å². The van der Waals surface area contributed by atoms with Gasteiger partial charge in [-0.2, -0.15) is 5.26 Å². The maximum Gasteiger partial charge on any atom is 0.0726 e. The Morgan fingerprint density at radius 1 is 1.50 bits per heavy atom. The molecule has 0 bridgehead atoms. The van der Waals surface area contributed by atoms with Gasteiger partial charge in [0.25, 0.3) is 0 Å². The van der Waals surface area contributed by atoms with Crippen molar-refractivity contribution < 1.29 is 0 Å². The first-order valence-corrected chi connectivity index (χ1v) is 5.78. The fourth-order valence-electron chi connectivity index (χ4n) is 2.41. The summed E-state index contributed by atoms with van der Waals surface area (Å²) in [4.78, 5) is 0. The number of nitriles is 1. The van der Waals surface area contributed by atoms with Gasteiger partial charge >= 0.3 is 0 Å². The second kappa shape index (κ2) is 4.79. The molecule has 0 saturated carbocycles. The Balaban J connectivity index is 2.73. The summed E-state index contributed by atoms with van der Waals surface area (Å²) in [5.41, 5.74) is -0.103. The topological polar surface area (TPSA) is 35.8 Å². The molecule has 3 unspecified atom stereocenters. The lowest BCUT2D eigenvalue weighted by molar-refractivity contribution is 0.142. The monoisotopic (exact) mass is 194 g/mol. The van der Waals surface area contributed by atoms with Gasteiger partial charge in [0, 0.05) is 6.54 Å². The van der Waals surface area contributed by atoms with Crippen LogP contribution in [-0.2, 0) is 0 Å². The highest BCUT2D eigenvalue weighted by Gasteiger charge is 2.39. The zero-order valence-electron chi connectivity index (χ0n) is 9.64. The Morgan fingerprint density at radius 2 is 2.21 bits per heavy atom. The quantitative estimate of drug-likeness (QED) is 0.749. The van der Waals surface area contributed by atoms with Crippen LogP contribution in [0.1, 0.15) is 40.0 Å². The van der Waals surface area contributed by atoms with Crippen LogP contribution in [0, 0.1) is 28.6 Å². The first-order chi connectivity index (χ1) is 6.66. The van der Waals surface area contributed by atoms with Crippen molar-refractivity contribution >= 4 is 0 Å². The number of hydrogen-bond donors (Lipinski definition) is 1. The van der Waals surface area contributed by atoms with Gasteiger partial charge in [-0.15, -0.1) is 0 Å². The number of nitrogens with zero attached hydrogens (tertiary/aromatic N) is 1. The average Bonchev–Trinajstić information content (AvgIpc) is 2.28. The minimum Gasteiger partial charge on any atom is -0.315 e. The van der Waals surface area contributed by atoms with E-state index < -0.39 is 0 Å². The number of rotatable bonds is 3. The van der Waals surface area contributed by atoms with Crippen LogP contribution in [0.2, 0.25) is 0 Å². The lowest BCUT2D eigenvalue weighted by Crippen LogP contribution is -2.45. The van der Waals surface area contributed by atoms with E-state index in [1.165, 1.54) is 6.42 Å². The van der Waals surface area contributed by atoms with Gasteiger partial charge in [0.05, 0.1) is 11.5 Å². The van der Waals surface area contributed by atoms with Crippen molar-refractivity contribution in [2.24, 2.45) is 17.3 Å². The average molecular weight is 194 g/mol. The predicted octanol–water partition coefficient (Wildman–Crippen LogP) is 2.56.